The third-order valence-corrected chi connectivity index (χ3v) is 6.55. The number of aromatic nitrogens is 3. The van der Waals surface area contributed by atoms with Crippen LogP contribution in [0.15, 0.2) is 40.8 Å². The van der Waals surface area contributed by atoms with Crippen LogP contribution in [0.3, 0.4) is 0 Å². The van der Waals surface area contributed by atoms with E-state index < -0.39 is 11.9 Å². The van der Waals surface area contributed by atoms with Gasteiger partial charge in [-0.05, 0) is 31.5 Å². The fraction of sp³-hybridized carbons (Fsp3) is 0.227. The first-order chi connectivity index (χ1) is 15.9. The minimum atomic E-state index is -0.453. The van der Waals surface area contributed by atoms with Crippen LogP contribution in [0.1, 0.15) is 17.5 Å². The molecular weight excluding hydrogens is 467 g/mol. The fourth-order valence-corrected chi connectivity index (χ4v) is 5.06. The minimum absolute atomic E-state index is 0.0178. The van der Waals surface area contributed by atoms with Gasteiger partial charge >= 0.3 is 5.97 Å². The second-order valence-corrected chi connectivity index (χ2v) is 9.13. The van der Waals surface area contributed by atoms with E-state index in [2.05, 4.69) is 15.3 Å². The number of halogens is 1. The van der Waals surface area contributed by atoms with E-state index in [0.29, 0.717) is 32.2 Å². The Balaban J connectivity index is 1.55. The average Bonchev–Trinajstić information content (AvgIpc) is 3.34. The quantitative estimate of drug-likeness (QED) is 0.399. The maximum atomic E-state index is 13.4. The van der Waals surface area contributed by atoms with E-state index in [-0.39, 0.29) is 30.9 Å². The lowest BCUT2D eigenvalue weighted by Crippen LogP contribution is -2.27. The molecule has 0 aliphatic heterocycles. The normalized spacial score (nSPS) is 11.0. The Morgan fingerprint density at radius 1 is 1.24 bits per heavy atom. The first-order valence-corrected chi connectivity index (χ1v) is 11.7. The highest BCUT2D eigenvalue weighted by molar-refractivity contribution is 7.19. The summed E-state index contributed by atoms with van der Waals surface area (Å²) >= 11 is 2.54. The molecule has 4 aromatic rings. The van der Waals surface area contributed by atoms with Crippen LogP contribution in [0.2, 0.25) is 0 Å². The summed E-state index contributed by atoms with van der Waals surface area (Å²) in [7, 11) is 0. The number of benzene rings is 1. The van der Waals surface area contributed by atoms with Crippen molar-refractivity contribution >= 4 is 49.9 Å². The highest BCUT2D eigenvalue weighted by atomic mass is 32.1. The fourth-order valence-electron chi connectivity index (χ4n) is 3.33. The molecule has 1 amide bonds. The first kappa shape index (κ1) is 22.7. The van der Waals surface area contributed by atoms with Gasteiger partial charge in [-0.1, -0.05) is 12.1 Å². The Kier molecular flexibility index (Phi) is 6.61. The van der Waals surface area contributed by atoms with Crippen molar-refractivity contribution in [2.45, 2.75) is 26.8 Å². The number of esters is 1. The molecule has 0 unspecified atom stereocenters. The van der Waals surface area contributed by atoms with Gasteiger partial charge in [0, 0.05) is 15.8 Å². The lowest BCUT2D eigenvalue weighted by molar-refractivity contribution is -0.142. The molecule has 33 heavy (non-hydrogen) atoms. The van der Waals surface area contributed by atoms with Gasteiger partial charge in [0.15, 0.2) is 5.13 Å². The second-order valence-electron chi connectivity index (χ2n) is 7.07. The molecule has 0 radical (unpaired) electrons. The number of hydrogen-bond acceptors (Lipinski definition) is 8. The number of carbonyl (C=O) groups excluding carboxylic acids is 2. The molecule has 0 saturated heterocycles. The van der Waals surface area contributed by atoms with Gasteiger partial charge in [0.25, 0.3) is 5.56 Å². The van der Waals surface area contributed by atoms with Gasteiger partial charge in [-0.2, -0.15) is 0 Å². The summed E-state index contributed by atoms with van der Waals surface area (Å²) < 4.78 is 19.5. The number of amides is 1. The van der Waals surface area contributed by atoms with Gasteiger partial charge in [0.1, 0.15) is 17.2 Å². The number of hydrogen-bond donors (Lipinski definition) is 1. The molecular formula is C22H19FN4O4S2. The number of ether oxygens (including phenoxy) is 1. The van der Waals surface area contributed by atoms with Crippen LogP contribution in [0.4, 0.5) is 9.52 Å². The third kappa shape index (κ3) is 4.99. The molecule has 0 saturated carbocycles. The number of rotatable bonds is 7. The van der Waals surface area contributed by atoms with Crippen molar-refractivity contribution in [2.75, 3.05) is 11.9 Å². The van der Waals surface area contributed by atoms with Crippen molar-refractivity contribution < 1.29 is 18.7 Å². The number of carbonyl (C=O) groups is 2. The molecule has 4 rings (SSSR count). The van der Waals surface area contributed by atoms with Crippen LogP contribution in [-0.4, -0.2) is 33.0 Å². The number of aryl methyl sites for hydroxylation is 1. The van der Waals surface area contributed by atoms with Crippen molar-refractivity contribution in [3.8, 4) is 11.1 Å². The van der Waals surface area contributed by atoms with Crippen molar-refractivity contribution in [3.05, 3.63) is 62.7 Å². The van der Waals surface area contributed by atoms with Crippen LogP contribution in [0.5, 0.6) is 0 Å². The van der Waals surface area contributed by atoms with Gasteiger partial charge in [-0.25, -0.2) is 14.4 Å². The summed E-state index contributed by atoms with van der Waals surface area (Å²) in [5, 5.41) is 5.01. The number of fused-ring (bicyclic) bond motifs is 1. The van der Waals surface area contributed by atoms with Gasteiger partial charge < -0.3 is 10.1 Å². The molecule has 170 valence electrons. The lowest BCUT2D eigenvalue weighted by Gasteiger charge is -2.06. The Labute approximate surface area is 195 Å². The SMILES string of the molecule is CCOC(=O)Cc1csc(NC(=O)Cn2cnc3sc(C)c(-c4ccc(F)cc4)c3c2=O)n1. The number of nitrogens with one attached hydrogen (secondary N) is 1. The zero-order valence-electron chi connectivity index (χ0n) is 17.8. The molecule has 0 aliphatic rings. The molecule has 0 bridgehead atoms. The van der Waals surface area contributed by atoms with Gasteiger partial charge in [-0.15, -0.1) is 22.7 Å². The maximum Gasteiger partial charge on any atom is 0.311 e. The second kappa shape index (κ2) is 9.59. The monoisotopic (exact) mass is 486 g/mol. The van der Waals surface area contributed by atoms with E-state index in [1.165, 1.54) is 45.7 Å². The summed E-state index contributed by atoms with van der Waals surface area (Å²) in [6, 6.07) is 5.91. The Hall–Kier alpha value is -3.44. The van der Waals surface area contributed by atoms with Gasteiger partial charge in [0.2, 0.25) is 5.91 Å². The van der Waals surface area contributed by atoms with Crippen molar-refractivity contribution in [1.82, 2.24) is 14.5 Å². The van der Waals surface area contributed by atoms with Crippen LogP contribution in [-0.2, 0) is 27.3 Å². The predicted octanol–water partition coefficient (Wildman–Crippen LogP) is 3.77. The van der Waals surface area contributed by atoms with E-state index in [0.717, 1.165) is 4.88 Å². The maximum absolute atomic E-state index is 13.4. The Morgan fingerprint density at radius 2 is 2.00 bits per heavy atom. The number of nitrogens with zero attached hydrogens (tertiary/aromatic N) is 3. The third-order valence-electron chi connectivity index (χ3n) is 4.73. The molecule has 1 aromatic carbocycles. The van der Waals surface area contributed by atoms with Crippen LogP contribution in [0.25, 0.3) is 21.3 Å². The van der Waals surface area contributed by atoms with Crippen LogP contribution < -0.4 is 10.9 Å². The summed E-state index contributed by atoms with van der Waals surface area (Å²) in [6.07, 6.45) is 1.35. The molecule has 11 heteroatoms. The van der Waals surface area contributed by atoms with E-state index >= 15 is 0 Å². The Morgan fingerprint density at radius 3 is 2.73 bits per heavy atom. The van der Waals surface area contributed by atoms with E-state index in [4.69, 9.17) is 4.74 Å². The van der Waals surface area contributed by atoms with Crippen molar-refractivity contribution in [2.24, 2.45) is 0 Å². The topological polar surface area (TPSA) is 103 Å². The molecule has 8 nitrogen and oxygen atoms in total. The summed E-state index contributed by atoms with van der Waals surface area (Å²) in [4.78, 5) is 47.3. The highest BCUT2D eigenvalue weighted by Gasteiger charge is 2.18. The molecule has 3 aromatic heterocycles. The summed E-state index contributed by atoms with van der Waals surface area (Å²) in [5.41, 5.74) is 1.52. The van der Waals surface area contributed by atoms with E-state index in [1.54, 1.807) is 24.4 Å². The zero-order chi connectivity index (χ0) is 23.5. The smallest absolute Gasteiger partial charge is 0.311 e. The molecule has 3 heterocycles. The van der Waals surface area contributed by atoms with Crippen molar-refractivity contribution in [3.63, 3.8) is 0 Å². The Bertz CT molecular complexity index is 1390. The van der Waals surface area contributed by atoms with Crippen molar-refractivity contribution in [1.29, 1.82) is 0 Å². The molecule has 0 spiro atoms. The van der Waals surface area contributed by atoms with E-state index in [9.17, 15) is 18.8 Å². The van der Waals surface area contributed by atoms with Gasteiger partial charge in [-0.3, -0.25) is 19.0 Å². The molecule has 0 fully saturated rings. The number of thiophene rings is 1. The number of thiazole rings is 1. The minimum Gasteiger partial charge on any atom is -0.466 e. The summed E-state index contributed by atoms with van der Waals surface area (Å²) in [6.45, 7) is 3.62. The standard InChI is InChI=1S/C22H19FN4O4S2/c1-3-31-17(29)8-15-10-32-22(25-15)26-16(28)9-27-11-24-20-19(21(27)30)18(12(2)33-20)13-4-6-14(23)7-5-13/h4-7,10-11H,3,8-9H2,1-2H3,(H,25,26,28). The molecule has 0 atom stereocenters. The highest BCUT2D eigenvalue weighted by Crippen LogP contribution is 2.35. The number of anilines is 1. The van der Waals surface area contributed by atoms with E-state index in [1.807, 2.05) is 6.92 Å². The largest absolute Gasteiger partial charge is 0.466 e. The molecule has 0 aliphatic carbocycles. The van der Waals surface area contributed by atoms with Crippen LogP contribution >= 0.6 is 22.7 Å². The first-order valence-electron chi connectivity index (χ1n) is 10.00. The lowest BCUT2D eigenvalue weighted by atomic mass is 10.0. The van der Waals surface area contributed by atoms with Gasteiger partial charge in [0.05, 0.1) is 30.4 Å². The van der Waals surface area contributed by atoms with Crippen LogP contribution in [0, 0.1) is 12.7 Å². The molecule has 1 N–H and O–H groups in total. The summed E-state index contributed by atoms with van der Waals surface area (Å²) in [5.74, 6) is -1.21. The predicted molar refractivity (Wildman–Crippen MR) is 125 cm³/mol. The zero-order valence-corrected chi connectivity index (χ0v) is 19.4. The average molecular weight is 487 g/mol.